The van der Waals surface area contributed by atoms with Crippen molar-refractivity contribution in [3.05, 3.63) is 23.8 Å². The molecule has 1 aliphatic rings. The highest BCUT2D eigenvalue weighted by Crippen LogP contribution is 2.44. The smallest absolute Gasteiger partial charge is 0.310 e. The van der Waals surface area contributed by atoms with E-state index in [9.17, 15) is 19.5 Å². The van der Waals surface area contributed by atoms with Gasteiger partial charge in [-0.3, -0.25) is 14.4 Å². The van der Waals surface area contributed by atoms with Crippen LogP contribution in [-0.2, 0) is 14.4 Å². The SMILES string of the molecule is CC(=O)Nc1cccc(NC(=O)CC2(C(=O)O)CCC2)c1C. The highest BCUT2D eigenvalue weighted by molar-refractivity contribution is 5.97. The topological polar surface area (TPSA) is 95.5 Å². The van der Waals surface area contributed by atoms with Gasteiger partial charge in [-0.05, 0) is 37.5 Å². The fraction of sp³-hybridized carbons (Fsp3) is 0.438. The van der Waals surface area contributed by atoms with Crippen LogP contribution in [0.5, 0.6) is 0 Å². The maximum absolute atomic E-state index is 12.1. The Morgan fingerprint density at radius 3 is 2.23 bits per heavy atom. The Kier molecular flexibility index (Phi) is 4.49. The molecule has 1 saturated carbocycles. The molecule has 0 aromatic heterocycles. The highest BCUT2D eigenvalue weighted by atomic mass is 16.4. The van der Waals surface area contributed by atoms with Gasteiger partial charge >= 0.3 is 5.97 Å². The van der Waals surface area contributed by atoms with Gasteiger partial charge in [0.25, 0.3) is 0 Å². The second-order valence-corrected chi connectivity index (χ2v) is 5.82. The van der Waals surface area contributed by atoms with Gasteiger partial charge in [-0.1, -0.05) is 12.5 Å². The summed E-state index contributed by atoms with van der Waals surface area (Å²) in [6.07, 6.45) is 1.91. The number of hydrogen-bond acceptors (Lipinski definition) is 3. The first-order valence-electron chi connectivity index (χ1n) is 7.24. The number of carbonyl (C=O) groups is 3. The van der Waals surface area contributed by atoms with Crippen LogP contribution in [0.25, 0.3) is 0 Å². The summed E-state index contributed by atoms with van der Waals surface area (Å²) in [7, 11) is 0. The van der Waals surface area contributed by atoms with E-state index >= 15 is 0 Å². The number of aliphatic carboxylic acids is 1. The number of carboxylic acid groups (broad SMARTS) is 1. The van der Waals surface area contributed by atoms with Crippen LogP contribution in [0.15, 0.2) is 18.2 Å². The van der Waals surface area contributed by atoms with Gasteiger partial charge < -0.3 is 15.7 Å². The zero-order chi connectivity index (χ0) is 16.3. The molecule has 3 N–H and O–H groups in total. The van der Waals surface area contributed by atoms with Crippen molar-refractivity contribution in [1.82, 2.24) is 0 Å². The number of benzene rings is 1. The largest absolute Gasteiger partial charge is 0.481 e. The number of anilines is 2. The second-order valence-electron chi connectivity index (χ2n) is 5.82. The van der Waals surface area contributed by atoms with E-state index in [1.54, 1.807) is 25.1 Å². The van der Waals surface area contributed by atoms with Gasteiger partial charge in [-0.25, -0.2) is 0 Å². The van der Waals surface area contributed by atoms with Crippen molar-refractivity contribution in [1.29, 1.82) is 0 Å². The standard InChI is InChI=1S/C16H20N2O4/c1-10-12(17-11(2)19)5-3-6-13(10)18-14(20)9-16(15(21)22)7-4-8-16/h3,5-6H,4,7-9H2,1-2H3,(H,17,19)(H,18,20)(H,21,22). The molecule has 0 unspecified atom stereocenters. The number of carbonyl (C=O) groups excluding carboxylic acids is 2. The van der Waals surface area contributed by atoms with Crippen LogP contribution in [0.3, 0.4) is 0 Å². The molecule has 118 valence electrons. The first kappa shape index (κ1) is 16.0. The van der Waals surface area contributed by atoms with Crippen molar-refractivity contribution in [3.8, 4) is 0 Å². The normalized spacial score (nSPS) is 15.5. The lowest BCUT2D eigenvalue weighted by Crippen LogP contribution is -2.41. The van der Waals surface area contributed by atoms with E-state index in [-0.39, 0.29) is 18.2 Å². The zero-order valence-electron chi connectivity index (χ0n) is 12.7. The summed E-state index contributed by atoms with van der Waals surface area (Å²) in [5.41, 5.74) is 1.04. The maximum Gasteiger partial charge on any atom is 0.310 e. The molecule has 2 rings (SSSR count). The fourth-order valence-electron chi connectivity index (χ4n) is 2.67. The molecular weight excluding hydrogens is 284 g/mol. The lowest BCUT2D eigenvalue weighted by Gasteiger charge is -2.36. The van der Waals surface area contributed by atoms with Gasteiger partial charge in [0.2, 0.25) is 11.8 Å². The van der Waals surface area contributed by atoms with E-state index in [2.05, 4.69) is 10.6 Å². The Morgan fingerprint density at radius 1 is 1.18 bits per heavy atom. The molecule has 2 amide bonds. The number of amides is 2. The van der Waals surface area contributed by atoms with Crippen LogP contribution in [0, 0.1) is 12.3 Å². The van der Waals surface area contributed by atoms with Crippen LogP contribution in [0.4, 0.5) is 11.4 Å². The van der Waals surface area contributed by atoms with Crippen molar-refractivity contribution in [2.24, 2.45) is 5.41 Å². The van der Waals surface area contributed by atoms with Crippen molar-refractivity contribution in [2.45, 2.75) is 39.5 Å². The number of rotatable bonds is 5. The van der Waals surface area contributed by atoms with Crippen LogP contribution in [0.2, 0.25) is 0 Å². The number of nitrogens with one attached hydrogen (secondary N) is 2. The molecule has 0 atom stereocenters. The van der Waals surface area contributed by atoms with Crippen LogP contribution in [-0.4, -0.2) is 22.9 Å². The van der Waals surface area contributed by atoms with E-state index in [0.29, 0.717) is 24.2 Å². The molecule has 6 nitrogen and oxygen atoms in total. The summed E-state index contributed by atoms with van der Waals surface area (Å²) in [6, 6.07) is 5.20. The average molecular weight is 304 g/mol. The highest BCUT2D eigenvalue weighted by Gasteiger charge is 2.45. The monoisotopic (exact) mass is 304 g/mol. The molecule has 0 bridgehead atoms. The first-order chi connectivity index (χ1) is 10.3. The Labute approximate surface area is 128 Å². The third-order valence-electron chi connectivity index (χ3n) is 4.18. The van der Waals surface area contributed by atoms with Crippen LogP contribution >= 0.6 is 0 Å². The molecule has 0 spiro atoms. The number of carboxylic acids is 1. The molecular formula is C16H20N2O4. The van der Waals surface area contributed by atoms with Gasteiger partial charge in [-0.15, -0.1) is 0 Å². The van der Waals surface area contributed by atoms with Crippen molar-refractivity contribution >= 4 is 29.2 Å². The molecule has 1 aromatic carbocycles. The minimum Gasteiger partial charge on any atom is -0.481 e. The van der Waals surface area contributed by atoms with E-state index in [1.165, 1.54) is 6.92 Å². The summed E-state index contributed by atoms with van der Waals surface area (Å²) in [4.78, 5) is 34.6. The van der Waals surface area contributed by atoms with Gasteiger partial charge in [0.15, 0.2) is 0 Å². The van der Waals surface area contributed by atoms with Gasteiger partial charge in [0, 0.05) is 24.7 Å². The van der Waals surface area contributed by atoms with E-state index in [1.807, 2.05) is 0 Å². The average Bonchev–Trinajstić information content (AvgIpc) is 2.37. The molecule has 0 saturated heterocycles. The Morgan fingerprint density at radius 2 is 1.77 bits per heavy atom. The van der Waals surface area contributed by atoms with Crippen molar-refractivity contribution < 1.29 is 19.5 Å². The summed E-state index contributed by atoms with van der Waals surface area (Å²) in [5.74, 6) is -1.41. The van der Waals surface area contributed by atoms with E-state index < -0.39 is 11.4 Å². The minimum absolute atomic E-state index is 0.0217. The Hall–Kier alpha value is -2.37. The van der Waals surface area contributed by atoms with Crippen molar-refractivity contribution in [3.63, 3.8) is 0 Å². The summed E-state index contributed by atoms with van der Waals surface area (Å²) >= 11 is 0. The third kappa shape index (κ3) is 3.27. The van der Waals surface area contributed by atoms with Gasteiger partial charge in [0.1, 0.15) is 0 Å². The summed E-state index contributed by atoms with van der Waals surface area (Å²) in [6.45, 7) is 3.20. The van der Waals surface area contributed by atoms with Gasteiger partial charge in [-0.2, -0.15) is 0 Å². The Balaban J connectivity index is 2.09. The first-order valence-corrected chi connectivity index (χ1v) is 7.24. The van der Waals surface area contributed by atoms with E-state index in [4.69, 9.17) is 0 Å². The molecule has 1 fully saturated rings. The van der Waals surface area contributed by atoms with E-state index in [0.717, 1.165) is 12.0 Å². The number of hydrogen-bond donors (Lipinski definition) is 3. The Bertz CT molecular complexity index is 621. The molecule has 6 heteroatoms. The van der Waals surface area contributed by atoms with Crippen LogP contribution < -0.4 is 10.6 Å². The predicted octanol–water partition coefficient (Wildman–Crippen LogP) is 2.54. The molecule has 0 aliphatic heterocycles. The molecule has 0 heterocycles. The molecule has 22 heavy (non-hydrogen) atoms. The van der Waals surface area contributed by atoms with Crippen LogP contribution in [0.1, 0.15) is 38.2 Å². The predicted molar refractivity (Wildman–Crippen MR) is 82.6 cm³/mol. The van der Waals surface area contributed by atoms with Gasteiger partial charge in [0.05, 0.1) is 5.41 Å². The zero-order valence-corrected chi connectivity index (χ0v) is 12.7. The summed E-state index contributed by atoms with van der Waals surface area (Å²) in [5, 5.41) is 14.7. The third-order valence-corrected chi connectivity index (χ3v) is 4.18. The minimum atomic E-state index is -0.909. The quantitative estimate of drug-likeness (QED) is 0.779. The maximum atomic E-state index is 12.1. The second kappa shape index (κ2) is 6.17. The lowest BCUT2D eigenvalue weighted by molar-refractivity contribution is -0.157. The molecule has 1 aromatic rings. The van der Waals surface area contributed by atoms with Crippen molar-refractivity contribution in [2.75, 3.05) is 10.6 Å². The lowest BCUT2D eigenvalue weighted by atomic mass is 9.66. The molecule has 0 radical (unpaired) electrons. The fourth-order valence-corrected chi connectivity index (χ4v) is 2.67. The molecule has 1 aliphatic carbocycles. The summed E-state index contributed by atoms with van der Waals surface area (Å²) < 4.78 is 0.